The third-order valence-corrected chi connectivity index (χ3v) is 5.45. The Bertz CT molecular complexity index is 657. The molecule has 0 N–H and O–H groups in total. The minimum absolute atomic E-state index is 0.0903. The van der Waals surface area contributed by atoms with E-state index in [0.717, 1.165) is 46.2 Å². The van der Waals surface area contributed by atoms with Crippen molar-refractivity contribution in [1.29, 1.82) is 0 Å². The Morgan fingerprint density at radius 2 is 1.90 bits per heavy atom. The van der Waals surface area contributed by atoms with Crippen LogP contribution in [-0.4, -0.2) is 9.55 Å². The highest BCUT2D eigenvalue weighted by atomic mass is 35.5. The van der Waals surface area contributed by atoms with Crippen molar-refractivity contribution in [2.75, 3.05) is 0 Å². The highest BCUT2D eigenvalue weighted by Crippen LogP contribution is 2.50. The van der Waals surface area contributed by atoms with Crippen LogP contribution >= 0.6 is 23.2 Å². The predicted molar refractivity (Wildman–Crippen MR) is 87.9 cm³/mol. The molecule has 2 saturated carbocycles. The number of fused-ring (bicyclic) bond motifs is 1. The molecule has 112 valence electrons. The number of alkyl halides is 1. The molecular formula is C17H20Cl2N2. The molecule has 0 amide bonds. The van der Waals surface area contributed by atoms with Crippen LogP contribution < -0.4 is 0 Å². The van der Waals surface area contributed by atoms with E-state index in [1.54, 1.807) is 0 Å². The number of hydrogen-bond acceptors (Lipinski definition) is 1. The highest BCUT2D eigenvalue weighted by Gasteiger charge is 2.42. The molecule has 2 aliphatic rings. The fourth-order valence-electron chi connectivity index (χ4n) is 3.59. The van der Waals surface area contributed by atoms with Crippen molar-refractivity contribution in [3.05, 3.63) is 29.0 Å². The second-order valence-electron chi connectivity index (χ2n) is 6.64. The van der Waals surface area contributed by atoms with Gasteiger partial charge in [0.05, 0.1) is 21.4 Å². The van der Waals surface area contributed by atoms with Crippen molar-refractivity contribution in [3.8, 4) is 0 Å². The van der Waals surface area contributed by atoms with E-state index in [9.17, 15) is 0 Å². The van der Waals surface area contributed by atoms with Crippen LogP contribution in [0.5, 0.6) is 0 Å². The topological polar surface area (TPSA) is 17.8 Å². The lowest BCUT2D eigenvalue weighted by Gasteiger charge is -2.19. The van der Waals surface area contributed by atoms with Gasteiger partial charge in [0.2, 0.25) is 0 Å². The molecule has 2 aromatic rings. The number of para-hydroxylation sites is 1. The number of imidazole rings is 1. The standard InChI is InChI=1S/C17H20Cl2N2/c1-10(18)17-20-15-4-2-3-14(19)16(15)21(17)9-13(11-5-6-11)12-7-8-12/h2-4,10-13H,5-9H2,1H3. The zero-order chi connectivity index (χ0) is 14.6. The smallest absolute Gasteiger partial charge is 0.127 e. The first kappa shape index (κ1) is 13.9. The van der Waals surface area contributed by atoms with E-state index in [0.29, 0.717) is 0 Å². The maximum absolute atomic E-state index is 6.45. The summed E-state index contributed by atoms with van der Waals surface area (Å²) in [5, 5.41) is 0.696. The summed E-state index contributed by atoms with van der Waals surface area (Å²) in [5.41, 5.74) is 2.03. The van der Waals surface area contributed by atoms with Gasteiger partial charge in [-0.05, 0) is 62.5 Å². The summed E-state index contributed by atoms with van der Waals surface area (Å²) in [6, 6.07) is 5.95. The molecule has 2 fully saturated rings. The molecule has 1 atom stereocenters. The lowest BCUT2D eigenvalue weighted by molar-refractivity contribution is 0.348. The van der Waals surface area contributed by atoms with Crippen LogP contribution in [0, 0.1) is 17.8 Å². The van der Waals surface area contributed by atoms with Gasteiger partial charge in [0.15, 0.2) is 0 Å². The van der Waals surface area contributed by atoms with Crippen LogP contribution in [0.3, 0.4) is 0 Å². The van der Waals surface area contributed by atoms with Crippen LogP contribution in [0.1, 0.15) is 43.8 Å². The maximum Gasteiger partial charge on any atom is 0.127 e. The van der Waals surface area contributed by atoms with Crippen molar-refractivity contribution in [2.24, 2.45) is 17.8 Å². The predicted octanol–water partition coefficient (Wildman–Crippen LogP) is 5.43. The number of benzene rings is 1. The van der Waals surface area contributed by atoms with Gasteiger partial charge < -0.3 is 4.57 Å². The molecule has 21 heavy (non-hydrogen) atoms. The molecule has 0 saturated heterocycles. The van der Waals surface area contributed by atoms with Gasteiger partial charge in [-0.3, -0.25) is 0 Å². The average molecular weight is 323 g/mol. The van der Waals surface area contributed by atoms with Crippen molar-refractivity contribution < 1.29 is 0 Å². The largest absolute Gasteiger partial charge is 0.325 e. The maximum atomic E-state index is 6.45. The van der Waals surface area contributed by atoms with Crippen LogP contribution in [0.2, 0.25) is 5.02 Å². The normalized spacial score (nSPS) is 20.4. The summed E-state index contributed by atoms with van der Waals surface area (Å²) in [6.45, 7) is 3.03. The van der Waals surface area contributed by atoms with E-state index in [1.165, 1.54) is 25.7 Å². The summed E-state index contributed by atoms with van der Waals surface area (Å²) in [4.78, 5) is 4.73. The van der Waals surface area contributed by atoms with Crippen LogP contribution in [-0.2, 0) is 6.54 Å². The first-order valence-corrected chi connectivity index (χ1v) is 8.75. The van der Waals surface area contributed by atoms with Crippen molar-refractivity contribution in [3.63, 3.8) is 0 Å². The van der Waals surface area contributed by atoms with Crippen molar-refractivity contribution in [1.82, 2.24) is 9.55 Å². The first-order valence-electron chi connectivity index (χ1n) is 7.94. The lowest BCUT2D eigenvalue weighted by atomic mass is 9.97. The monoisotopic (exact) mass is 322 g/mol. The Morgan fingerprint density at radius 3 is 2.48 bits per heavy atom. The van der Waals surface area contributed by atoms with Gasteiger partial charge in [-0.2, -0.15) is 0 Å². The summed E-state index contributed by atoms with van der Waals surface area (Å²) < 4.78 is 2.30. The summed E-state index contributed by atoms with van der Waals surface area (Å²) in [7, 11) is 0. The molecule has 1 aromatic heterocycles. The molecule has 0 aliphatic heterocycles. The molecule has 2 aliphatic carbocycles. The molecule has 0 spiro atoms. The van der Waals surface area contributed by atoms with Gasteiger partial charge >= 0.3 is 0 Å². The van der Waals surface area contributed by atoms with E-state index in [2.05, 4.69) is 4.57 Å². The van der Waals surface area contributed by atoms with Gasteiger partial charge in [0.1, 0.15) is 5.82 Å². The molecule has 1 aromatic carbocycles. The third-order valence-electron chi connectivity index (χ3n) is 4.95. The van der Waals surface area contributed by atoms with E-state index in [1.807, 2.05) is 25.1 Å². The molecule has 4 heteroatoms. The van der Waals surface area contributed by atoms with Gasteiger partial charge in [-0.15, -0.1) is 11.6 Å². The summed E-state index contributed by atoms with van der Waals surface area (Å²) in [6.07, 6.45) is 5.58. The van der Waals surface area contributed by atoms with Gasteiger partial charge in [0, 0.05) is 6.54 Å². The zero-order valence-corrected chi connectivity index (χ0v) is 13.7. The second kappa shape index (κ2) is 5.17. The second-order valence-corrected chi connectivity index (χ2v) is 7.70. The third kappa shape index (κ3) is 2.57. The quantitative estimate of drug-likeness (QED) is 0.671. The Kier molecular flexibility index (Phi) is 3.42. The molecule has 0 bridgehead atoms. The van der Waals surface area contributed by atoms with E-state index < -0.39 is 0 Å². The van der Waals surface area contributed by atoms with Gasteiger partial charge in [0.25, 0.3) is 0 Å². The molecule has 1 heterocycles. The minimum atomic E-state index is -0.0903. The molecular weight excluding hydrogens is 303 g/mol. The molecule has 1 unspecified atom stereocenters. The number of hydrogen-bond donors (Lipinski definition) is 0. The number of rotatable bonds is 5. The summed E-state index contributed by atoms with van der Waals surface area (Å²) >= 11 is 12.8. The number of aromatic nitrogens is 2. The fraction of sp³-hybridized carbons (Fsp3) is 0.588. The Morgan fingerprint density at radius 1 is 1.24 bits per heavy atom. The molecule has 0 radical (unpaired) electrons. The minimum Gasteiger partial charge on any atom is -0.325 e. The molecule has 4 rings (SSSR count). The van der Waals surface area contributed by atoms with E-state index in [-0.39, 0.29) is 5.38 Å². The van der Waals surface area contributed by atoms with Crippen LogP contribution in [0.25, 0.3) is 11.0 Å². The highest BCUT2D eigenvalue weighted by molar-refractivity contribution is 6.35. The Labute approximate surface area is 135 Å². The fourth-order valence-corrected chi connectivity index (χ4v) is 4.03. The SMILES string of the molecule is CC(Cl)c1nc2cccc(Cl)c2n1CC(C1CC1)C1CC1. The van der Waals surface area contributed by atoms with Crippen LogP contribution in [0.15, 0.2) is 18.2 Å². The Balaban J connectivity index is 1.79. The van der Waals surface area contributed by atoms with Crippen molar-refractivity contribution in [2.45, 2.75) is 44.5 Å². The zero-order valence-electron chi connectivity index (χ0n) is 12.2. The molecule has 2 nitrogen and oxygen atoms in total. The lowest BCUT2D eigenvalue weighted by Crippen LogP contribution is -2.17. The van der Waals surface area contributed by atoms with Gasteiger partial charge in [-0.25, -0.2) is 4.98 Å². The van der Waals surface area contributed by atoms with E-state index >= 15 is 0 Å². The van der Waals surface area contributed by atoms with Crippen molar-refractivity contribution >= 4 is 34.2 Å². The first-order chi connectivity index (χ1) is 10.1. The number of nitrogens with zero attached hydrogens (tertiary/aromatic N) is 2. The van der Waals surface area contributed by atoms with Gasteiger partial charge in [-0.1, -0.05) is 17.7 Å². The number of halogens is 2. The summed E-state index contributed by atoms with van der Waals surface area (Å²) in [5.74, 6) is 3.57. The van der Waals surface area contributed by atoms with Crippen LogP contribution in [0.4, 0.5) is 0 Å². The van der Waals surface area contributed by atoms with E-state index in [4.69, 9.17) is 28.2 Å². The average Bonchev–Trinajstić information content (AvgIpc) is 3.34. The Hall–Kier alpha value is -0.730.